The molecule has 0 aliphatic carbocycles. The monoisotopic (exact) mass is 421 g/mol. The molecule has 0 heterocycles. The van der Waals surface area contributed by atoms with Crippen LogP contribution in [0.2, 0.25) is 0 Å². The largest absolute Gasteiger partial charge is 0.480 e. The van der Waals surface area contributed by atoms with Crippen LogP contribution in [0, 0.1) is 0 Å². The van der Waals surface area contributed by atoms with Gasteiger partial charge >= 0.3 is 5.97 Å². The van der Waals surface area contributed by atoms with Crippen molar-refractivity contribution in [2.24, 2.45) is 11.5 Å². The Labute approximate surface area is 168 Å². The van der Waals surface area contributed by atoms with Gasteiger partial charge in [0.05, 0.1) is 12.6 Å². The van der Waals surface area contributed by atoms with Crippen LogP contribution in [0.3, 0.4) is 0 Å². The van der Waals surface area contributed by atoms with Crippen LogP contribution in [-0.4, -0.2) is 83.7 Å². The molecule has 0 spiro atoms. The number of carboxylic acids is 1. The van der Waals surface area contributed by atoms with E-state index in [0.717, 1.165) is 6.42 Å². The fraction of sp³-hybridized carbons (Fsp3) is 0.750. The molecular weight excluding hydrogens is 390 g/mol. The smallest absolute Gasteiger partial charge is 0.322 e. The summed E-state index contributed by atoms with van der Waals surface area (Å²) in [6.07, 6.45) is 3.98. The molecule has 0 aromatic carbocycles. The first kappa shape index (κ1) is 26.1. The zero-order valence-corrected chi connectivity index (χ0v) is 16.8. The Morgan fingerprint density at radius 3 is 2.18 bits per heavy atom. The number of carbonyl (C=O) groups excluding carboxylic acids is 3. The number of carbonyl (C=O) groups is 4. The normalized spacial score (nSPS) is 13.9. The molecule has 12 heteroatoms. The van der Waals surface area contributed by atoms with Crippen molar-refractivity contribution in [1.29, 1.82) is 0 Å². The molecule has 9 N–H and O–H groups in total. The van der Waals surface area contributed by atoms with E-state index < -0.39 is 55.0 Å². The molecule has 0 aromatic heterocycles. The maximum atomic E-state index is 12.5. The minimum absolute atomic E-state index is 0.295. The van der Waals surface area contributed by atoms with Crippen LogP contribution in [0.4, 0.5) is 0 Å². The van der Waals surface area contributed by atoms with Gasteiger partial charge in [-0.25, -0.2) is 0 Å². The van der Waals surface area contributed by atoms with E-state index in [4.69, 9.17) is 16.6 Å². The standard InChI is InChI=1S/C16H31N5O6S/c1-28-7-5-11(20-14(25)10(18)4-2-3-6-17)16(27)21-12(9-22)15(26)19-8-13(23)24/h10-12,22H,2-9,17-18H2,1H3,(H,19,26)(H,20,25)(H,21,27)(H,23,24)/t10-,11-,12-/m0/s1. The van der Waals surface area contributed by atoms with E-state index >= 15 is 0 Å². The van der Waals surface area contributed by atoms with Crippen LogP contribution in [0.1, 0.15) is 25.7 Å². The van der Waals surface area contributed by atoms with E-state index in [1.165, 1.54) is 11.8 Å². The number of aliphatic carboxylic acids is 1. The summed E-state index contributed by atoms with van der Waals surface area (Å²) in [6, 6.07) is -3.07. The van der Waals surface area contributed by atoms with Gasteiger partial charge in [0.2, 0.25) is 17.7 Å². The zero-order chi connectivity index (χ0) is 21.5. The summed E-state index contributed by atoms with van der Waals surface area (Å²) in [5.41, 5.74) is 11.2. The summed E-state index contributed by atoms with van der Waals surface area (Å²) in [7, 11) is 0. The highest BCUT2D eigenvalue weighted by molar-refractivity contribution is 7.98. The molecule has 0 saturated carbocycles. The number of unbranched alkanes of at least 4 members (excludes halogenated alkanes) is 1. The van der Waals surface area contributed by atoms with Gasteiger partial charge in [-0.15, -0.1) is 0 Å². The number of carboxylic acid groups (broad SMARTS) is 1. The summed E-state index contributed by atoms with van der Waals surface area (Å²) in [6.45, 7) is -0.867. The van der Waals surface area contributed by atoms with Gasteiger partial charge in [0.1, 0.15) is 18.6 Å². The number of hydrogen-bond donors (Lipinski definition) is 7. The van der Waals surface area contributed by atoms with E-state index in [0.29, 0.717) is 31.6 Å². The molecule has 0 saturated heterocycles. The second-order valence-electron chi connectivity index (χ2n) is 6.09. The summed E-state index contributed by atoms with van der Waals surface area (Å²) < 4.78 is 0. The summed E-state index contributed by atoms with van der Waals surface area (Å²) in [5.74, 6) is -2.69. The summed E-state index contributed by atoms with van der Waals surface area (Å²) in [4.78, 5) is 47.1. The van der Waals surface area contributed by atoms with Crippen molar-refractivity contribution in [3.8, 4) is 0 Å². The van der Waals surface area contributed by atoms with Gasteiger partial charge in [-0.05, 0) is 37.8 Å². The minimum Gasteiger partial charge on any atom is -0.480 e. The predicted octanol–water partition coefficient (Wildman–Crippen LogP) is -2.64. The molecular formula is C16H31N5O6S. The molecule has 3 amide bonds. The summed E-state index contributed by atoms with van der Waals surface area (Å²) in [5, 5.41) is 24.9. The first-order chi connectivity index (χ1) is 13.3. The number of aliphatic hydroxyl groups excluding tert-OH is 1. The minimum atomic E-state index is -1.33. The maximum Gasteiger partial charge on any atom is 0.322 e. The average molecular weight is 422 g/mol. The lowest BCUT2D eigenvalue weighted by Gasteiger charge is -2.23. The number of nitrogens with two attached hydrogens (primary N) is 2. The van der Waals surface area contributed by atoms with Gasteiger partial charge in [0.15, 0.2) is 0 Å². The van der Waals surface area contributed by atoms with Crippen LogP contribution in [0.5, 0.6) is 0 Å². The Morgan fingerprint density at radius 2 is 1.64 bits per heavy atom. The third-order valence-electron chi connectivity index (χ3n) is 3.78. The fourth-order valence-corrected chi connectivity index (χ4v) is 2.65. The van der Waals surface area contributed by atoms with Crippen molar-refractivity contribution in [2.45, 2.75) is 43.8 Å². The van der Waals surface area contributed by atoms with Crippen LogP contribution in [0.15, 0.2) is 0 Å². The SMILES string of the molecule is CSCC[C@H](NC(=O)[C@@H](N)CCCCN)C(=O)N[C@@H](CO)C(=O)NCC(=O)O. The third-order valence-corrected chi connectivity index (χ3v) is 4.42. The van der Waals surface area contributed by atoms with Crippen LogP contribution >= 0.6 is 11.8 Å². The Hall–Kier alpha value is -1.89. The predicted molar refractivity (Wildman–Crippen MR) is 105 cm³/mol. The molecule has 0 aliphatic rings. The van der Waals surface area contributed by atoms with Gasteiger partial charge in [-0.3, -0.25) is 19.2 Å². The van der Waals surface area contributed by atoms with Gasteiger partial charge in [-0.2, -0.15) is 11.8 Å². The Morgan fingerprint density at radius 1 is 1.00 bits per heavy atom. The Kier molecular flexibility index (Phi) is 14.1. The lowest BCUT2D eigenvalue weighted by Crippen LogP contribution is -2.57. The quantitative estimate of drug-likeness (QED) is 0.138. The number of rotatable bonds is 15. The molecule has 162 valence electrons. The van der Waals surface area contributed by atoms with E-state index in [1.54, 1.807) is 0 Å². The second-order valence-corrected chi connectivity index (χ2v) is 7.07. The van der Waals surface area contributed by atoms with Crippen LogP contribution in [-0.2, 0) is 19.2 Å². The first-order valence-corrected chi connectivity index (χ1v) is 10.3. The molecule has 0 rings (SSSR count). The number of thioether (sulfide) groups is 1. The topological polar surface area (TPSA) is 197 Å². The number of nitrogens with one attached hydrogen (secondary N) is 3. The molecule has 0 unspecified atom stereocenters. The van der Waals surface area contributed by atoms with Gasteiger partial charge in [0.25, 0.3) is 0 Å². The highest BCUT2D eigenvalue weighted by Crippen LogP contribution is 2.04. The maximum absolute atomic E-state index is 12.5. The first-order valence-electron chi connectivity index (χ1n) is 8.92. The molecule has 28 heavy (non-hydrogen) atoms. The van der Waals surface area contributed by atoms with Gasteiger partial charge in [-0.1, -0.05) is 6.42 Å². The Bertz CT molecular complexity index is 522. The lowest BCUT2D eigenvalue weighted by atomic mass is 10.1. The van der Waals surface area contributed by atoms with Gasteiger partial charge in [0, 0.05) is 0 Å². The van der Waals surface area contributed by atoms with Crippen molar-refractivity contribution in [3.63, 3.8) is 0 Å². The molecule has 0 aliphatic heterocycles. The molecule has 11 nitrogen and oxygen atoms in total. The lowest BCUT2D eigenvalue weighted by molar-refractivity contribution is -0.139. The third kappa shape index (κ3) is 11.1. The summed E-state index contributed by atoms with van der Waals surface area (Å²) >= 11 is 1.47. The highest BCUT2D eigenvalue weighted by Gasteiger charge is 2.27. The number of aliphatic hydroxyl groups is 1. The van der Waals surface area contributed by atoms with E-state index in [9.17, 15) is 24.3 Å². The average Bonchev–Trinajstić information content (AvgIpc) is 2.66. The van der Waals surface area contributed by atoms with Crippen LogP contribution < -0.4 is 27.4 Å². The van der Waals surface area contributed by atoms with Crippen molar-refractivity contribution < 1.29 is 29.4 Å². The Balaban J connectivity index is 4.87. The number of hydrogen-bond acceptors (Lipinski definition) is 8. The van der Waals surface area contributed by atoms with E-state index in [-0.39, 0.29) is 0 Å². The molecule has 0 radical (unpaired) electrons. The van der Waals surface area contributed by atoms with Crippen molar-refractivity contribution in [2.75, 3.05) is 31.7 Å². The second kappa shape index (κ2) is 15.1. The van der Waals surface area contributed by atoms with Crippen molar-refractivity contribution in [1.82, 2.24) is 16.0 Å². The molecule has 0 aromatic rings. The zero-order valence-electron chi connectivity index (χ0n) is 16.0. The van der Waals surface area contributed by atoms with E-state index in [2.05, 4.69) is 16.0 Å². The highest BCUT2D eigenvalue weighted by atomic mass is 32.2. The van der Waals surface area contributed by atoms with Crippen molar-refractivity contribution >= 4 is 35.5 Å². The molecule has 0 bridgehead atoms. The van der Waals surface area contributed by atoms with Crippen molar-refractivity contribution in [3.05, 3.63) is 0 Å². The molecule has 3 atom stereocenters. The fourth-order valence-electron chi connectivity index (χ4n) is 2.18. The molecule has 0 fully saturated rings. The van der Waals surface area contributed by atoms with E-state index in [1.807, 2.05) is 6.26 Å². The van der Waals surface area contributed by atoms with Crippen LogP contribution in [0.25, 0.3) is 0 Å². The number of amides is 3. The van der Waals surface area contributed by atoms with Gasteiger partial charge < -0.3 is 37.6 Å².